The van der Waals surface area contributed by atoms with Gasteiger partial charge in [0.05, 0.1) is 11.3 Å². The molecule has 1 aromatic carbocycles. The minimum Gasteiger partial charge on any atom is -0.506 e. The molecule has 1 aromatic rings. The first-order chi connectivity index (χ1) is 8.75. The van der Waals surface area contributed by atoms with Crippen molar-refractivity contribution in [1.29, 1.82) is 0 Å². The van der Waals surface area contributed by atoms with Gasteiger partial charge < -0.3 is 10.8 Å². The molecule has 0 spiro atoms. The molecule has 0 atom stereocenters. The predicted octanol–water partition coefficient (Wildman–Crippen LogP) is 3.30. The van der Waals surface area contributed by atoms with Crippen molar-refractivity contribution in [2.45, 2.75) is 39.0 Å². The summed E-state index contributed by atoms with van der Waals surface area (Å²) >= 11 is 0. The summed E-state index contributed by atoms with van der Waals surface area (Å²) in [6, 6.07) is 5.03. The molecule has 18 heavy (non-hydrogen) atoms. The predicted molar refractivity (Wildman–Crippen MR) is 75.9 cm³/mol. The maximum Gasteiger partial charge on any atom is 0.139 e. The first-order valence-electron chi connectivity index (χ1n) is 6.32. The molecular formula is C16H19NO. The van der Waals surface area contributed by atoms with Crippen LogP contribution in [-0.2, 0) is 0 Å². The average molecular weight is 241 g/mol. The van der Waals surface area contributed by atoms with Crippen molar-refractivity contribution < 1.29 is 5.11 Å². The number of benzene rings is 1. The molecule has 0 bridgehead atoms. The van der Waals surface area contributed by atoms with E-state index < -0.39 is 0 Å². The summed E-state index contributed by atoms with van der Waals surface area (Å²) in [5.41, 5.74) is 6.61. The summed E-state index contributed by atoms with van der Waals surface area (Å²) < 4.78 is 0. The Morgan fingerprint density at radius 2 is 2.00 bits per heavy atom. The Morgan fingerprint density at radius 1 is 1.17 bits per heavy atom. The van der Waals surface area contributed by atoms with Gasteiger partial charge in [0.25, 0.3) is 0 Å². The van der Waals surface area contributed by atoms with E-state index in [9.17, 15) is 5.11 Å². The van der Waals surface area contributed by atoms with Crippen molar-refractivity contribution in [3.63, 3.8) is 0 Å². The average Bonchev–Trinajstić information content (AvgIpc) is 2.37. The first-order valence-corrected chi connectivity index (χ1v) is 6.32. The standard InChI is InChI=1S/C16H19NO/c1-2-3-4-5-6-7-8-9-11-14-12-10-13-15(18)16(14)17/h10,12-13,18H,2-6,17H2,1H3. The van der Waals surface area contributed by atoms with Gasteiger partial charge in [-0.15, -0.1) is 0 Å². The fourth-order valence-electron chi connectivity index (χ4n) is 1.51. The topological polar surface area (TPSA) is 46.2 Å². The second-order valence-corrected chi connectivity index (χ2v) is 4.10. The van der Waals surface area contributed by atoms with Crippen molar-refractivity contribution in [2.24, 2.45) is 0 Å². The van der Waals surface area contributed by atoms with Crippen LogP contribution in [0.2, 0.25) is 0 Å². The number of nitrogens with two attached hydrogens (primary N) is 1. The molecule has 0 aliphatic heterocycles. The van der Waals surface area contributed by atoms with Gasteiger partial charge in [0.15, 0.2) is 0 Å². The molecule has 0 aliphatic carbocycles. The number of aromatic hydroxyl groups is 1. The van der Waals surface area contributed by atoms with Gasteiger partial charge in [-0.05, 0) is 30.4 Å². The lowest BCUT2D eigenvalue weighted by molar-refractivity contribution is 0.478. The highest BCUT2D eigenvalue weighted by molar-refractivity contribution is 5.64. The van der Waals surface area contributed by atoms with Gasteiger partial charge in [0, 0.05) is 6.42 Å². The van der Waals surface area contributed by atoms with E-state index in [0.29, 0.717) is 11.3 Å². The zero-order valence-corrected chi connectivity index (χ0v) is 10.8. The van der Waals surface area contributed by atoms with Crippen LogP contribution in [0, 0.1) is 23.7 Å². The molecule has 3 N–H and O–H groups in total. The van der Waals surface area contributed by atoms with E-state index in [2.05, 4.69) is 30.6 Å². The quantitative estimate of drug-likeness (QED) is 0.368. The largest absolute Gasteiger partial charge is 0.506 e. The monoisotopic (exact) mass is 241 g/mol. The Hall–Kier alpha value is -2.06. The molecule has 1 rings (SSSR count). The molecule has 2 nitrogen and oxygen atoms in total. The first kappa shape index (κ1) is 14.0. The number of rotatable bonds is 4. The third-order valence-corrected chi connectivity index (χ3v) is 2.59. The number of hydrogen-bond donors (Lipinski definition) is 2. The summed E-state index contributed by atoms with van der Waals surface area (Å²) in [7, 11) is 0. The minimum atomic E-state index is 0.0642. The Labute approximate surface area is 109 Å². The van der Waals surface area contributed by atoms with Gasteiger partial charge in [0.1, 0.15) is 5.75 Å². The highest BCUT2D eigenvalue weighted by Crippen LogP contribution is 2.22. The van der Waals surface area contributed by atoms with Crippen LogP contribution in [0.25, 0.3) is 0 Å². The fourth-order valence-corrected chi connectivity index (χ4v) is 1.51. The lowest BCUT2D eigenvalue weighted by Crippen LogP contribution is -1.89. The van der Waals surface area contributed by atoms with Crippen LogP contribution in [0.15, 0.2) is 18.2 Å². The molecule has 94 valence electrons. The zero-order chi connectivity index (χ0) is 13.2. The Balaban J connectivity index is 2.46. The number of phenolic OH excluding ortho intramolecular Hbond substituents is 1. The molecule has 0 aliphatic rings. The summed E-state index contributed by atoms with van der Waals surface area (Å²) in [4.78, 5) is 0. The second-order valence-electron chi connectivity index (χ2n) is 4.10. The molecule has 0 saturated carbocycles. The van der Waals surface area contributed by atoms with Gasteiger partial charge in [-0.25, -0.2) is 0 Å². The fraction of sp³-hybridized carbons (Fsp3) is 0.375. The van der Waals surface area contributed by atoms with Crippen molar-refractivity contribution in [3.05, 3.63) is 23.8 Å². The normalized spacial score (nSPS) is 8.94. The second kappa shape index (κ2) is 8.09. The Bertz CT molecular complexity index is 497. The molecule has 0 amide bonds. The lowest BCUT2D eigenvalue weighted by Gasteiger charge is -1.98. The highest BCUT2D eigenvalue weighted by Gasteiger charge is 1.98. The Morgan fingerprint density at radius 3 is 2.78 bits per heavy atom. The number of phenols is 1. The van der Waals surface area contributed by atoms with E-state index in [0.717, 1.165) is 12.8 Å². The number of nitrogen functional groups attached to an aromatic ring is 1. The summed E-state index contributed by atoms with van der Waals surface area (Å²) in [5.74, 6) is 11.5. The zero-order valence-electron chi connectivity index (χ0n) is 10.8. The Kier molecular flexibility index (Phi) is 6.30. The molecule has 0 aromatic heterocycles. The van der Waals surface area contributed by atoms with Crippen molar-refractivity contribution in [3.8, 4) is 29.4 Å². The van der Waals surface area contributed by atoms with Gasteiger partial charge in [-0.1, -0.05) is 44.1 Å². The minimum absolute atomic E-state index is 0.0642. The SMILES string of the molecule is CCCCCCC#CC#Cc1cccc(O)c1N. The van der Waals surface area contributed by atoms with Crippen molar-refractivity contribution in [1.82, 2.24) is 0 Å². The van der Waals surface area contributed by atoms with Gasteiger partial charge in [0.2, 0.25) is 0 Å². The summed E-state index contributed by atoms with van der Waals surface area (Å²) in [6.45, 7) is 2.19. The summed E-state index contributed by atoms with van der Waals surface area (Å²) in [5, 5.41) is 9.39. The van der Waals surface area contributed by atoms with E-state index in [1.54, 1.807) is 18.2 Å². The van der Waals surface area contributed by atoms with Crippen LogP contribution in [0.5, 0.6) is 5.75 Å². The molecular weight excluding hydrogens is 222 g/mol. The molecule has 0 heterocycles. The van der Waals surface area contributed by atoms with E-state index in [1.807, 2.05) is 0 Å². The highest BCUT2D eigenvalue weighted by atomic mass is 16.3. The molecule has 0 radical (unpaired) electrons. The number of para-hydroxylation sites is 1. The van der Waals surface area contributed by atoms with Crippen LogP contribution in [0.3, 0.4) is 0 Å². The van der Waals surface area contributed by atoms with Gasteiger partial charge in [-0.3, -0.25) is 0 Å². The third kappa shape index (κ3) is 4.85. The van der Waals surface area contributed by atoms with Crippen LogP contribution in [-0.4, -0.2) is 5.11 Å². The molecule has 0 unspecified atom stereocenters. The molecule has 0 saturated heterocycles. The summed E-state index contributed by atoms with van der Waals surface area (Å²) in [6.07, 6.45) is 5.77. The van der Waals surface area contributed by atoms with E-state index >= 15 is 0 Å². The number of unbranched alkanes of at least 4 members (excludes halogenated alkanes) is 4. The van der Waals surface area contributed by atoms with E-state index in [1.165, 1.54) is 19.3 Å². The van der Waals surface area contributed by atoms with Crippen LogP contribution in [0.4, 0.5) is 5.69 Å². The van der Waals surface area contributed by atoms with Crippen LogP contribution >= 0.6 is 0 Å². The maximum absolute atomic E-state index is 9.39. The smallest absolute Gasteiger partial charge is 0.139 e. The number of anilines is 1. The van der Waals surface area contributed by atoms with E-state index in [-0.39, 0.29) is 5.75 Å². The maximum atomic E-state index is 9.39. The van der Waals surface area contributed by atoms with Crippen molar-refractivity contribution >= 4 is 5.69 Å². The lowest BCUT2D eigenvalue weighted by atomic mass is 10.1. The van der Waals surface area contributed by atoms with Gasteiger partial charge >= 0.3 is 0 Å². The molecule has 2 heteroatoms. The van der Waals surface area contributed by atoms with Crippen LogP contribution < -0.4 is 5.73 Å². The van der Waals surface area contributed by atoms with Gasteiger partial charge in [-0.2, -0.15) is 0 Å². The van der Waals surface area contributed by atoms with E-state index in [4.69, 9.17) is 5.73 Å². The third-order valence-electron chi connectivity index (χ3n) is 2.59. The number of hydrogen-bond acceptors (Lipinski definition) is 2. The molecule has 0 fully saturated rings. The van der Waals surface area contributed by atoms with Crippen LogP contribution in [0.1, 0.15) is 44.6 Å². The van der Waals surface area contributed by atoms with Crippen molar-refractivity contribution in [2.75, 3.05) is 5.73 Å².